The highest BCUT2D eigenvalue weighted by molar-refractivity contribution is 5.67. The fourth-order valence-corrected chi connectivity index (χ4v) is 1.94. The average Bonchev–Trinajstić information content (AvgIpc) is 2.85. The highest BCUT2D eigenvalue weighted by Gasteiger charge is 2.24. The molecule has 1 fully saturated rings. The number of nitrogens with zero attached hydrogens (tertiary/aromatic N) is 1. The summed E-state index contributed by atoms with van der Waals surface area (Å²) in [5, 5.41) is 4.65. The molecule has 5 nitrogen and oxygen atoms in total. The highest BCUT2D eigenvalue weighted by Crippen LogP contribution is 2.09. The van der Waals surface area contributed by atoms with Gasteiger partial charge in [-0.25, -0.2) is 4.79 Å². The van der Waals surface area contributed by atoms with E-state index in [0.29, 0.717) is 13.2 Å². The summed E-state index contributed by atoms with van der Waals surface area (Å²) in [4.78, 5) is 16.7. The van der Waals surface area contributed by atoms with E-state index in [0.717, 1.165) is 18.5 Å². The van der Waals surface area contributed by atoms with Gasteiger partial charge in [-0.15, -0.1) is 0 Å². The third kappa shape index (κ3) is 3.72. The zero-order valence-corrected chi connectivity index (χ0v) is 10.5. The Kier molecular flexibility index (Phi) is 4.55. The number of hydroxylamine groups is 2. The zero-order chi connectivity index (χ0) is 12.8. The van der Waals surface area contributed by atoms with Crippen molar-refractivity contribution in [3.8, 4) is 0 Å². The Morgan fingerprint density at radius 1 is 1.44 bits per heavy atom. The van der Waals surface area contributed by atoms with Crippen molar-refractivity contribution >= 4 is 6.09 Å². The van der Waals surface area contributed by atoms with E-state index in [1.807, 2.05) is 35.4 Å². The number of rotatable bonds is 4. The van der Waals surface area contributed by atoms with Gasteiger partial charge in [-0.3, -0.25) is 0 Å². The minimum Gasteiger partial charge on any atom is -0.445 e. The average molecular weight is 250 g/mol. The maximum atomic E-state index is 11.6. The molecule has 1 aliphatic rings. The summed E-state index contributed by atoms with van der Waals surface area (Å²) in [5.41, 5.74) is 0.984. The number of amides is 1. The van der Waals surface area contributed by atoms with Crippen LogP contribution in [0.1, 0.15) is 12.0 Å². The molecular weight excluding hydrogens is 232 g/mol. The smallest absolute Gasteiger partial charge is 0.407 e. The Hall–Kier alpha value is -1.59. The van der Waals surface area contributed by atoms with Gasteiger partial charge in [-0.1, -0.05) is 30.3 Å². The molecule has 0 aromatic heterocycles. The van der Waals surface area contributed by atoms with Gasteiger partial charge in [-0.2, -0.15) is 5.06 Å². The second-order valence-electron chi connectivity index (χ2n) is 4.26. The standard InChI is InChI=1S/C13H18N2O3/c1-17-15-8-7-12(9-15)14-13(16)18-10-11-5-3-2-4-6-11/h2-6,12H,7-10H2,1H3,(H,14,16). The van der Waals surface area contributed by atoms with Crippen LogP contribution in [0, 0.1) is 0 Å². The molecule has 1 aliphatic heterocycles. The number of hydrogen-bond donors (Lipinski definition) is 1. The first kappa shape index (κ1) is 12.9. The third-order valence-electron chi connectivity index (χ3n) is 2.94. The van der Waals surface area contributed by atoms with Crippen LogP contribution in [-0.4, -0.2) is 37.4 Å². The molecule has 1 N–H and O–H groups in total. The summed E-state index contributed by atoms with van der Waals surface area (Å²) in [5.74, 6) is 0. The van der Waals surface area contributed by atoms with E-state index >= 15 is 0 Å². The van der Waals surface area contributed by atoms with Crippen molar-refractivity contribution in [1.82, 2.24) is 10.4 Å². The van der Waals surface area contributed by atoms with E-state index in [2.05, 4.69) is 5.32 Å². The van der Waals surface area contributed by atoms with Crippen LogP contribution in [-0.2, 0) is 16.2 Å². The minimum atomic E-state index is -0.373. The fourth-order valence-electron chi connectivity index (χ4n) is 1.94. The van der Waals surface area contributed by atoms with Gasteiger partial charge in [0.2, 0.25) is 0 Å². The summed E-state index contributed by atoms with van der Waals surface area (Å²) in [7, 11) is 1.64. The summed E-state index contributed by atoms with van der Waals surface area (Å²) in [6, 6.07) is 9.73. The van der Waals surface area contributed by atoms with Gasteiger partial charge in [-0.05, 0) is 12.0 Å². The Morgan fingerprint density at radius 3 is 2.89 bits per heavy atom. The highest BCUT2D eigenvalue weighted by atomic mass is 16.7. The van der Waals surface area contributed by atoms with Crippen LogP contribution < -0.4 is 5.32 Å². The van der Waals surface area contributed by atoms with Gasteiger partial charge < -0.3 is 14.9 Å². The molecule has 1 saturated heterocycles. The number of nitrogens with one attached hydrogen (secondary N) is 1. The normalized spacial score (nSPS) is 19.7. The first-order valence-corrected chi connectivity index (χ1v) is 6.04. The molecule has 1 heterocycles. The number of ether oxygens (including phenoxy) is 1. The predicted octanol–water partition coefficient (Wildman–Crippen LogP) is 1.55. The van der Waals surface area contributed by atoms with Gasteiger partial charge in [0, 0.05) is 19.1 Å². The molecule has 1 amide bonds. The van der Waals surface area contributed by atoms with Gasteiger partial charge >= 0.3 is 6.09 Å². The van der Waals surface area contributed by atoms with E-state index in [4.69, 9.17) is 9.57 Å². The Morgan fingerprint density at radius 2 is 2.22 bits per heavy atom. The van der Waals surface area contributed by atoms with Crippen molar-refractivity contribution in [3.05, 3.63) is 35.9 Å². The molecule has 1 aromatic rings. The SMILES string of the molecule is CON1CCC(NC(=O)OCc2ccccc2)C1. The lowest BCUT2D eigenvalue weighted by Gasteiger charge is -2.14. The second-order valence-corrected chi connectivity index (χ2v) is 4.26. The van der Waals surface area contributed by atoms with Crippen molar-refractivity contribution in [1.29, 1.82) is 0 Å². The van der Waals surface area contributed by atoms with Crippen LogP contribution in [0.25, 0.3) is 0 Å². The molecule has 1 aromatic carbocycles. The van der Waals surface area contributed by atoms with E-state index in [9.17, 15) is 4.79 Å². The van der Waals surface area contributed by atoms with Gasteiger partial charge in [0.05, 0.1) is 7.11 Å². The number of alkyl carbamates (subject to hydrolysis) is 1. The van der Waals surface area contributed by atoms with Crippen molar-refractivity contribution in [2.75, 3.05) is 20.2 Å². The van der Waals surface area contributed by atoms with E-state index in [-0.39, 0.29) is 12.1 Å². The number of hydrogen-bond acceptors (Lipinski definition) is 4. The minimum absolute atomic E-state index is 0.105. The molecule has 0 spiro atoms. The molecule has 1 unspecified atom stereocenters. The van der Waals surface area contributed by atoms with Gasteiger partial charge in [0.1, 0.15) is 6.61 Å². The molecule has 0 saturated carbocycles. The van der Waals surface area contributed by atoms with E-state index < -0.39 is 0 Å². The lowest BCUT2D eigenvalue weighted by molar-refractivity contribution is -0.113. The summed E-state index contributed by atoms with van der Waals surface area (Å²) in [6.45, 7) is 1.84. The molecule has 0 radical (unpaired) electrons. The quantitative estimate of drug-likeness (QED) is 0.881. The monoisotopic (exact) mass is 250 g/mol. The van der Waals surface area contributed by atoms with Crippen molar-refractivity contribution < 1.29 is 14.4 Å². The van der Waals surface area contributed by atoms with Crippen LogP contribution in [0.5, 0.6) is 0 Å². The van der Waals surface area contributed by atoms with Crippen LogP contribution in [0.2, 0.25) is 0 Å². The number of carbonyl (C=O) groups excluding carboxylic acids is 1. The number of benzene rings is 1. The lowest BCUT2D eigenvalue weighted by Crippen LogP contribution is -2.37. The first-order valence-electron chi connectivity index (χ1n) is 6.04. The number of carbonyl (C=O) groups is 1. The molecule has 98 valence electrons. The van der Waals surface area contributed by atoms with E-state index in [1.54, 1.807) is 7.11 Å². The Bertz CT molecular complexity index is 383. The zero-order valence-electron chi connectivity index (χ0n) is 10.5. The summed E-state index contributed by atoms with van der Waals surface area (Å²) < 4.78 is 5.15. The van der Waals surface area contributed by atoms with Crippen molar-refractivity contribution in [3.63, 3.8) is 0 Å². The lowest BCUT2D eigenvalue weighted by atomic mass is 10.2. The third-order valence-corrected chi connectivity index (χ3v) is 2.94. The molecule has 18 heavy (non-hydrogen) atoms. The van der Waals surface area contributed by atoms with Crippen LogP contribution in [0.3, 0.4) is 0 Å². The predicted molar refractivity (Wildman–Crippen MR) is 66.7 cm³/mol. The maximum absolute atomic E-state index is 11.6. The Labute approximate surface area is 107 Å². The van der Waals surface area contributed by atoms with Crippen molar-refractivity contribution in [2.24, 2.45) is 0 Å². The summed E-state index contributed by atoms with van der Waals surface area (Å²) >= 11 is 0. The molecular formula is C13H18N2O3. The molecule has 0 aliphatic carbocycles. The van der Waals surface area contributed by atoms with Gasteiger partial charge in [0.25, 0.3) is 0 Å². The van der Waals surface area contributed by atoms with Crippen molar-refractivity contribution in [2.45, 2.75) is 19.1 Å². The molecule has 1 atom stereocenters. The molecule has 2 rings (SSSR count). The summed E-state index contributed by atoms with van der Waals surface area (Å²) in [6.07, 6.45) is 0.510. The Balaban J connectivity index is 1.70. The van der Waals surface area contributed by atoms with Crippen LogP contribution >= 0.6 is 0 Å². The maximum Gasteiger partial charge on any atom is 0.407 e. The molecule has 5 heteroatoms. The van der Waals surface area contributed by atoms with Crippen LogP contribution in [0.4, 0.5) is 4.79 Å². The molecule has 0 bridgehead atoms. The first-order chi connectivity index (χ1) is 8.78. The van der Waals surface area contributed by atoms with Gasteiger partial charge in [0.15, 0.2) is 0 Å². The van der Waals surface area contributed by atoms with Crippen LogP contribution in [0.15, 0.2) is 30.3 Å². The second kappa shape index (κ2) is 6.37. The van der Waals surface area contributed by atoms with E-state index in [1.165, 1.54) is 0 Å². The topological polar surface area (TPSA) is 50.8 Å². The largest absolute Gasteiger partial charge is 0.445 e. The fraction of sp³-hybridized carbons (Fsp3) is 0.462.